The van der Waals surface area contributed by atoms with Gasteiger partial charge in [-0.2, -0.15) is 5.10 Å². The molecule has 1 aliphatic heterocycles. The lowest BCUT2D eigenvalue weighted by Crippen LogP contribution is -2.47. The largest absolute Gasteiger partial charge is 0.384 e. The summed E-state index contributed by atoms with van der Waals surface area (Å²) in [5.41, 5.74) is 1.52. The van der Waals surface area contributed by atoms with Crippen LogP contribution in [0.15, 0.2) is 30.5 Å². The first-order valence-corrected chi connectivity index (χ1v) is 9.20. The zero-order valence-corrected chi connectivity index (χ0v) is 16.1. The Morgan fingerprint density at radius 1 is 1.36 bits per heavy atom. The molecule has 1 aromatic heterocycles. The van der Waals surface area contributed by atoms with Crippen LogP contribution in [0, 0.1) is 15.5 Å². The summed E-state index contributed by atoms with van der Waals surface area (Å²) in [6.07, 6.45) is 3.53. The molecular formula is C19H25N5O4. The van der Waals surface area contributed by atoms with Gasteiger partial charge in [-0.05, 0) is 38.1 Å². The average molecular weight is 387 g/mol. The normalized spacial score (nSPS) is 15.9. The van der Waals surface area contributed by atoms with E-state index in [-0.39, 0.29) is 17.0 Å². The SMILES string of the molecule is COCC1(CNC(=O)c2cn(C)nc2-c2ccc([N+](=O)[O-])cc2)CCNCC1. The van der Waals surface area contributed by atoms with Crippen molar-refractivity contribution >= 4 is 11.6 Å². The average Bonchev–Trinajstić information content (AvgIpc) is 3.09. The van der Waals surface area contributed by atoms with Gasteiger partial charge in [-0.1, -0.05) is 0 Å². The molecule has 9 heteroatoms. The van der Waals surface area contributed by atoms with Gasteiger partial charge in [-0.15, -0.1) is 0 Å². The van der Waals surface area contributed by atoms with E-state index in [0.29, 0.717) is 30.0 Å². The van der Waals surface area contributed by atoms with Gasteiger partial charge in [0.15, 0.2) is 0 Å². The highest BCUT2D eigenvalue weighted by atomic mass is 16.6. The number of nitrogens with one attached hydrogen (secondary N) is 2. The Labute approximate surface area is 163 Å². The van der Waals surface area contributed by atoms with Gasteiger partial charge in [0.1, 0.15) is 5.69 Å². The maximum atomic E-state index is 12.9. The first-order chi connectivity index (χ1) is 13.4. The number of hydrogen-bond acceptors (Lipinski definition) is 6. The van der Waals surface area contributed by atoms with Gasteiger partial charge in [0.2, 0.25) is 0 Å². The number of non-ortho nitro benzene ring substituents is 1. The first-order valence-electron chi connectivity index (χ1n) is 9.20. The van der Waals surface area contributed by atoms with Crippen molar-refractivity contribution in [2.45, 2.75) is 12.8 Å². The van der Waals surface area contributed by atoms with E-state index in [2.05, 4.69) is 15.7 Å². The van der Waals surface area contributed by atoms with Crippen molar-refractivity contribution in [3.05, 3.63) is 46.1 Å². The molecule has 0 unspecified atom stereocenters. The van der Waals surface area contributed by atoms with Crippen LogP contribution in [0.2, 0.25) is 0 Å². The first kappa shape index (κ1) is 20.0. The molecule has 0 saturated carbocycles. The Hall–Kier alpha value is -2.78. The molecule has 1 aliphatic rings. The molecule has 1 amide bonds. The summed E-state index contributed by atoms with van der Waals surface area (Å²) < 4.78 is 6.97. The number of nitro benzene ring substituents is 1. The maximum absolute atomic E-state index is 12.9. The Morgan fingerprint density at radius 3 is 2.64 bits per heavy atom. The highest BCUT2D eigenvalue weighted by molar-refractivity contribution is 5.99. The topological polar surface area (TPSA) is 111 Å². The summed E-state index contributed by atoms with van der Waals surface area (Å²) in [4.78, 5) is 23.3. The highest BCUT2D eigenvalue weighted by Crippen LogP contribution is 2.29. The number of carbonyl (C=O) groups excluding carboxylic acids is 1. The van der Waals surface area contributed by atoms with E-state index in [0.717, 1.165) is 25.9 Å². The van der Waals surface area contributed by atoms with Crippen LogP contribution in [0.3, 0.4) is 0 Å². The van der Waals surface area contributed by atoms with Gasteiger partial charge in [0.25, 0.3) is 11.6 Å². The molecule has 0 aliphatic carbocycles. The van der Waals surface area contributed by atoms with Crippen molar-refractivity contribution in [3.63, 3.8) is 0 Å². The Morgan fingerprint density at radius 2 is 2.04 bits per heavy atom. The van der Waals surface area contributed by atoms with Gasteiger partial charge in [-0.25, -0.2) is 0 Å². The lowest BCUT2D eigenvalue weighted by atomic mass is 9.79. The Kier molecular flexibility index (Phi) is 6.05. The molecular weight excluding hydrogens is 362 g/mol. The number of hydrogen-bond donors (Lipinski definition) is 2. The van der Waals surface area contributed by atoms with Gasteiger partial charge < -0.3 is 15.4 Å². The predicted octanol–water partition coefficient (Wildman–Crippen LogP) is 1.74. The molecule has 0 bridgehead atoms. The summed E-state index contributed by atoms with van der Waals surface area (Å²) in [5.74, 6) is -0.213. The molecule has 1 saturated heterocycles. The fourth-order valence-electron chi connectivity index (χ4n) is 3.61. The Bertz CT molecular complexity index is 835. The summed E-state index contributed by atoms with van der Waals surface area (Å²) in [7, 11) is 3.42. The number of aromatic nitrogens is 2. The standard InChI is InChI=1S/C19H25N5O4/c1-23-11-16(17(22-23)14-3-5-15(6-4-14)24(26)27)18(25)21-12-19(13-28-2)7-9-20-10-8-19/h3-6,11,20H,7-10,12-13H2,1-2H3,(H,21,25). The summed E-state index contributed by atoms with van der Waals surface area (Å²) >= 11 is 0. The van der Waals surface area contributed by atoms with Crippen molar-refractivity contribution in [2.24, 2.45) is 12.5 Å². The van der Waals surface area contributed by atoms with E-state index >= 15 is 0 Å². The summed E-state index contributed by atoms with van der Waals surface area (Å²) in [6, 6.07) is 6.04. The van der Waals surface area contributed by atoms with Crippen LogP contribution in [-0.4, -0.2) is 54.0 Å². The second kappa shape index (κ2) is 8.49. The zero-order valence-electron chi connectivity index (χ0n) is 16.1. The lowest BCUT2D eigenvalue weighted by Gasteiger charge is -2.37. The molecule has 3 rings (SSSR count). The molecule has 2 aromatic rings. The van der Waals surface area contributed by atoms with E-state index in [9.17, 15) is 14.9 Å². The van der Waals surface area contributed by atoms with Crippen LogP contribution in [0.1, 0.15) is 23.2 Å². The molecule has 2 N–H and O–H groups in total. The number of rotatable bonds is 7. The molecule has 0 spiro atoms. The van der Waals surface area contributed by atoms with Crippen LogP contribution in [0.25, 0.3) is 11.3 Å². The van der Waals surface area contributed by atoms with Gasteiger partial charge in [0, 0.05) is 50.0 Å². The number of carbonyl (C=O) groups is 1. The monoisotopic (exact) mass is 387 g/mol. The number of ether oxygens (including phenoxy) is 1. The van der Waals surface area contributed by atoms with Crippen LogP contribution in [0.4, 0.5) is 5.69 Å². The number of piperidine rings is 1. The minimum Gasteiger partial charge on any atom is -0.384 e. The minimum absolute atomic E-state index is 0.00176. The number of aryl methyl sites for hydroxylation is 1. The minimum atomic E-state index is -0.454. The lowest BCUT2D eigenvalue weighted by molar-refractivity contribution is -0.384. The van der Waals surface area contributed by atoms with Crippen LogP contribution in [-0.2, 0) is 11.8 Å². The molecule has 9 nitrogen and oxygen atoms in total. The molecule has 0 atom stereocenters. The number of amides is 1. The number of nitro groups is 1. The molecule has 150 valence electrons. The third-order valence-electron chi connectivity index (χ3n) is 5.16. The maximum Gasteiger partial charge on any atom is 0.269 e. The van der Waals surface area contributed by atoms with Crippen LogP contribution < -0.4 is 10.6 Å². The van der Waals surface area contributed by atoms with E-state index in [1.807, 2.05) is 0 Å². The molecule has 2 heterocycles. The third-order valence-corrected chi connectivity index (χ3v) is 5.16. The van der Waals surface area contributed by atoms with Crippen molar-refractivity contribution in [3.8, 4) is 11.3 Å². The number of benzene rings is 1. The Balaban J connectivity index is 1.78. The third kappa shape index (κ3) is 4.37. The molecule has 0 radical (unpaired) electrons. The second-order valence-corrected chi connectivity index (χ2v) is 7.23. The smallest absolute Gasteiger partial charge is 0.269 e. The number of nitrogens with zero attached hydrogens (tertiary/aromatic N) is 3. The van der Waals surface area contributed by atoms with E-state index in [4.69, 9.17) is 4.74 Å². The van der Waals surface area contributed by atoms with E-state index in [1.54, 1.807) is 37.2 Å². The predicted molar refractivity (Wildman–Crippen MR) is 104 cm³/mol. The fourth-order valence-corrected chi connectivity index (χ4v) is 3.61. The second-order valence-electron chi connectivity index (χ2n) is 7.23. The van der Waals surface area contributed by atoms with Crippen LogP contribution >= 0.6 is 0 Å². The quantitative estimate of drug-likeness (QED) is 0.553. The van der Waals surface area contributed by atoms with Crippen molar-refractivity contribution < 1.29 is 14.5 Å². The van der Waals surface area contributed by atoms with Gasteiger partial charge in [-0.3, -0.25) is 19.6 Å². The highest BCUT2D eigenvalue weighted by Gasteiger charge is 2.33. The summed E-state index contributed by atoms with van der Waals surface area (Å²) in [6.45, 7) is 2.92. The molecule has 1 fully saturated rings. The number of methoxy groups -OCH3 is 1. The molecule has 28 heavy (non-hydrogen) atoms. The van der Waals surface area contributed by atoms with Crippen molar-refractivity contribution in [1.29, 1.82) is 0 Å². The fraction of sp³-hybridized carbons (Fsp3) is 0.474. The van der Waals surface area contributed by atoms with Gasteiger partial charge in [0.05, 0.1) is 17.1 Å². The van der Waals surface area contributed by atoms with E-state index in [1.165, 1.54) is 12.1 Å². The van der Waals surface area contributed by atoms with Crippen LogP contribution in [0.5, 0.6) is 0 Å². The molecule has 1 aromatic carbocycles. The van der Waals surface area contributed by atoms with Crippen molar-refractivity contribution in [1.82, 2.24) is 20.4 Å². The zero-order chi connectivity index (χ0) is 20.1. The van der Waals surface area contributed by atoms with Crippen molar-refractivity contribution in [2.75, 3.05) is 33.4 Å². The van der Waals surface area contributed by atoms with E-state index < -0.39 is 4.92 Å². The summed E-state index contributed by atoms with van der Waals surface area (Å²) in [5, 5.41) is 21.6. The van der Waals surface area contributed by atoms with Gasteiger partial charge >= 0.3 is 0 Å².